The summed E-state index contributed by atoms with van der Waals surface area (Å²) >= 11 is 0. The first-order valence-electron chi connectivity index (χ1n) is 10.8. The second-order valence-corrected chi connectivity index (χ2v) is 8.61. The summed E-state index contributed by atoms with van der Waals surface area (Å²) in [4.78, 5) is 28.2. The number of fused-ring (bicyclic) bond motifs is 2. The van der Waals surface area contributed by atoms with E-state index < -0.39 is 11.7 Å². The topological polar surface area (TPSA) is 71.0 Å². The molecule has 33 heavy (non-hydrogen) atoms. The van der Waals surface area contributed by atoms with Crippen molar-refractivity contribution in [3.63, 3.8) is 0 Å². The molecule has 1 saturated carbocycles. The van der Waals surface area contributed by atoms with Gasteiger partial charge in [-0.15, -0.1) is 0 Å². The van der Waals surface area contributed by atoms with Crippen LogP contribution in [0, 0.1) is 12.8 Å². The number of anilines is 1. The number of rotatable bonds is 4. The lowest BCUT2D eigenvalue weighted by atomic mass is 10.0. The molecule has 4 heterocycles. The van der Waals surface area contributed by atoms with E-state index in [0.717, 1.165) is 36.4 Å². The fourth-order valence-electron chi connectivity index (χ4n) is 4.92. The summed E-state index contributed by atoms with van der Waals surface area (Å²) in [7, 11) is 0. The second kappa shape index (κ2) is 8.13. The Balaban J connectivity index is 1.37. The van der Waals surface area contributed by atoms with Crippen LogP contribution in [0.3, 0.4) is 0 Å². The van der Waals surface area contributed by atoms with Crippen LogP contribution in [-0.4, -0.2) is 44.4 Å². The number of nitrogens with zero attached hydrogens (tertiary/aromatic N) is 4. The van der Waals surface area contributed by atoms with Crippen molar-refractivity contribution >= 4 is 11.7 Å². The smallest absolute Gasteiger partial charge is 0.365 e. The Labute approximate surface area is 188 Å². The number of halogens is 3. The van der Waals surface area contributed by atoms with E-state index in [1.165, 1.54) is 6.07 Å². The zero-order valence-corrected chi connectivity index (χ0v) is 17.9. The highest BCUT2D eigenvalue weighted by molar-refractivity contribution is 5.99. The van der Waals surface area contributed by atoms with Crippen LogP contribution < -0.4 is 5.32 Å². The second-order valence-electron chi connectivity index (χ2n) is 8.61. The molecule has 0 radical (unpaired) electrons. The van der Waals surface area contributed by atoms with Gasteiger partial charge in [0, 0.05) is 36.7 Å². The normalized spacial score (nSPS) is 21.9. The number of amides is 1. The third-order valence-electron chi connectivity index (χ3n) is 6.44. The number of aryl methyl sites for hydroxylation is 1. The van der Waals surface area contributed by atoms with Crippen molar-refractivity contribution < 1.29 is 18.0 Å². The molecule has 1 amide bonds. The van der Waals surface area contributed by atoms with Crippen molar-refractivity contribution in [3.05, 3.63) is 71.8 Å². The zero-order valence-electron chi connectivity index (χ0n) is 17.9. The number of hydrogen-bond acceptors (Lipinski definition) is 5. The van der Waals surface area contributed by atoms with Gasteiger partial charge in [0.15, 0.2) is 0 Å². The maximum absolute atomic E-state index is 13.6. The lowest BCUT2D eigenvalue weighted by Gasteiger charge is -2.34. The molecule has 9 heteroatoms. The van der Waals surface area contributed by atoms with Crippen LogP contribution in [0.4, 0.5) is 19.0 Å². The van der Waals surface area contributed by atoms with E-state index in [2.05, 4.69) is 20.3 Å². The van der Waals surface area contributed by atoms with Crippen molar-refractivity contribution in [1.29, 1.82) is 0 Å². The third-order valence-corrected chi connectivity index (χ3v) is 6.44. The van der Waals surface area contributed by atoms with Gasteiger partial charge in [-0.3, -0.25) is 14.8 Å². The van der Waals surface area contributed by atoms with E-state index in [0.29, 0.717) is 29.5 Å². The fourth-order valence-corrected chi connectivity index (χ4v) is 4.92. The SMILES string of the molecule is Cc1cccnc1-c1cccnc1C(=O)N1C[C@H]2C[C@@H](Nc3ccc(C(F)(F)F)cn3)[C@@H]1C2. The third kappa shape index (κ3) is 4.03. The summed E-state index contributed by atoms with van der Waals surface area (Å²) in [5, 5.41) is 3.24. The van der Waals surface area contributed by atoms with E-state index in [1.54, 1.807) is 18.5 Å². The largest absolute Gasteiger partial charge is 0.417 e. The van der Waals surface area contributed by atoms with Crippen LogP contribution in [0.1, 0.15) is 34.5 Å². The maximum atomic E-state index is 13.6. The van der Waals surface area contributed by atoms with E-state index in [4.69, 9.17) is 0 Å². The number of aromatic nitrogens is 3. The number of pyridine rings is 3. The van der Waals surface area contributed by atoms with Crippen molar-refractivity contribution in [1.82, 2.24) is 19.9 Å². The number of piperidine rings is 1. The van der Waals surface area contributed by atoms with Crippen LogP contribution in [-0.2, 0) is 6.18 Å². The van der Waals surface area contributed by atoms with E-state index in [-0.39, 0.29) is 18.0 Å². The summed E-state index contributed by atoms with van der Waals surface area (Å²) in [6, 6.07) is 9.62. The predicted octanol–water partition coefficient (Wildman–Crippen LogP) is 4.58. The minimum atomic E-state index is -4.42. The van der Waals surface area contributed by atoms with Crippen molar-refractivity contribution in [2.24, 2.45) is 5.92 Å². The molecular weight excluding hydrogens is 431 g/mol. The molecular formula is C24H22F3N5O. The highest BCUT2D eigenvalue weighted by atomic mass is 19.4. The Kier molecular flexibility index (Phi) is 5.26. The summed E-state index contributed by atoms with van der Waals surface area (Å²) in [5.41, 5.74) is 1.94. The molecule has 0 spiro atoms. The molecule has 3 aromatic heterocycles. The average molecular weight is 453 g/mol. The van der Waals surface area contributed by atoms with E-state index in [9.17, 15) is 18.0 Å². The first kappa shape index (κ1) is 21.4. The summed E-state index contributed by atoms with van der Waals surface area (Å²) in [6.07, 6.45) is 1.38. The van der Waals surface area contributed by atoms with Gasteiger partial charge in [0.05, 0.1) is 17.3 Å². The Morgan fingerprint density at radius 3 is 2.55 bits per heavy atom. The van der Waals surface area contributed by atoms with Crippen LogP contribution in [0.25, 0.3) is 11.3 Å². The number of hydrogen-bond donors (Lipinski definition) is 1. The summed E-state index contributed by atoms with van der Waals surface area (Å²) in [5.74, 6) is 0.542. The molecule has 3 atom stereocenters. The highest BCUT2D eigenvalue weighted by Crippen LogP contribution is 2.40. The molecule has 0 unspecified atom stereocenters. The van der Waals surface area contributed by atoms with Crippen LogP contribution in [0.5, 0.6) is 0 Å². The minimum absolute atomic E-state index is 0.0775. The van der Waals surface area contributed by atoms with Gasteiger partial charge < -0.3 is 10.2 Å². The molecule has 2 bridgehead atoms. The summed E-state index contributed by atoms with van der Waals surface area (Å²) < 4.78 is 38.4. The molecule has 6 nitrogen and oxygen atoms in total. The van der Waals surface area contributed by atoms with Gasteiger partial charge in [0.1, 0.15) is 11.5 Å². The Morgan fingerprint density at radius 1 is 1.06 bits per heavy atom. The monoisotopic (exact) mass is 453 g/mol. The number of carbonyl (C=O) groups excluding carboxylic acids is 1. The number of likely N-dealkylation sites (tertiary alicyclic amines) is 1. The van der Waals surface area contributed by atoms with Crippen molar-refractivity contribution in [3.8, 4) is 11.3 Å². The molecule has 5 rings (SSSR count). The highest BCUT2D eigenvalue weighted by Gasteiger charge is 2.47. The van der Waals surface area contributed by atoms with Gasteiger partial charge in [-0.05, 0) is 61.6 Å². The van der Waals surface area contributed by atoms with Crippen LogP contribution in [0.15, 0.2) is 55.0 Å². The van der Waals surface area contributed by atoms with Crippen LogP contribution in [0.2, 0.25) is 0 Å². The molecule has 3 aromatic rings. The summed E-state index contributed by atoms with van der Waals surface area (Å²) in [6.45, 7) is 2.58. The number of nitrogens with one attached hydrogen (secondary N) is 1. The van der Waals surface area contributed by atoms with Crippen molar-refractivity contribution in [2.75, 3.05) is 11.9 Å². The van der Waals surface area contributed by atoms with E-state index in [1.807, 2.05) is 30.0 Å². The van der Waals surface area contributed by atoms with Gasteiger partial charge in [0.2, 0.25) is 0 Å². The molecule has 170 valence electrons. The van der Waals surface area contributed by atoms with Gasteiger partial charge in [-0.25, -0.2) is 4.98 Å². The molecule has 1 aliphatic carbocycles. The number of alkyl halides is 3. The van der Waals surface area contributed by atoms with Gasteiger partial charge in [0.25, 0.3) is 5.91 Å². The standard InChI is InChI=1S/C24H22F3N5O/c1-14-4-2-8-28-21(14)17-5-3-9-29-22(17)23(33)32-13-15-10-18(19(32)11-15)31-20-7-6-16(12-30-20)24(25,26)27/h2-9,12,15,18-19H,10-11,13H2,1H3,(H,30,31)/t15-,18+,19-/m0/s1. The minimum Gasteiger partial charge on any atom is -0.365 e. The van der Waals surface area contributed by atoms with Gasteiger partial charge in [-0.2, -0.15) is 13.2 Å². The van der Waals surface area contributed by atoms with Gasteiger partial charge >= 0.3 is 6.18 Å². The Bertz CT molecular complexity index is 1180. The Hall–Kier alpha value is -3.49. The van der Waals surface area contributed by atoms with E-state index >= 15 is 0 Å². The predicted molar refractivity (Wildman–Crippen MR) is 116 cm³/mol. The van der Waals surface area contributed by atoms with Gasteiger partial charge in [-0.1, -0.05) is 6.07 Å². The lowest BCUT2D eigenvalue weighted by molar-refractivity contribution is -0.137. The number of carbonyl (C=O) groups is 1. The van der Waals surface area contributed by atoms with Crippen molar-refractivity contribution in [2.45, 2.75) is 38.0 Å². The fraction of sp³-hybridized carbons (Fsp3) is 0.333. The zero-order chi connectivity index (χ0) is 23.2. The quantitative estimate of drug-likeness (QED) is 0.626. The first-order valence-corrected chi connectivity index (χ1v) is 10.8. The maximum Gasteiger partial charge on any atom is 0.417 e. The lowest BCUT2D eigenvalue weighted by Crippen LogP contribution is -2.48. The van der Waals surface area contributed by atoms with Crippen LogP contribution >= 0.6 is 0 Å². The molecule has 2 fully saturated rings. The molecule has 1 N–H and O–H groups in total. The molecule has 2 aliphatic rings. The first-order chi connectivity index (χ1) is 15.8. The molecule has 1 saturated heterocycles. The average Bonchev–Trinajstić information content (AvgIpc) is 3.39. The molecule has 1 aliphatic heterocycles. The Morgan fingerprint density at radius 2 is 1.85 bits per heavy atom. The molecule has 0 aromatic carbocycles.